The Labute approximate surface area is 80.0 Å². The van der Waals surface area contributed by atoms with Crippen LogP contribution in [0.15, 0.2) is 0 Å². The molecule has 1 atom stereocenters. The van der Waals surface area contributed by atoms with E-state index < -0.39 is 11.7 Å². The number of aliphatic hydroxyl groups excluding tert-OH is 1. The predicted octanol–water partition coefficient (Wildman–Crippen LogP) is 1.46. The monoisotopic (exact) mass is 182 g/mol. The van der Waals surface area contributed by atoms with E-state index in [1.807, 2.05) is 0 Å². The zero-order chi connectivity index (χ0) is 9.73. The summed E-state index contributed by atoms with van der Waals surface area (Å²) < 4.78 is 0. The molecular formula is C11H18O2. The molecule has 0 aromatic rings. The van der Waals surface area contributed by atoms with Crippen LogP contribution in [0.1, 0.15) is 44.9 Å². The first-order valence-electron chi connectivity index (χ1n) is 5.03. The highest BCUT2D eigenvalue weighted by atomic mass is 16.3. The molecule has 1 aliphatic rings. The maximum absolute atomic E-state index is 10.1. The van der Waals surface area contributed by atoms with Crippen LogP contribution in [0.25, 0.3) is 0 Å². The van der Waals surface area contributed by atoms with E-state index >= 15 is 0 Å². The van der Waals surface area contributed by atoms with E-state index in [1.54, 1.807) is 0 Å². The van der Waals surface area contributed by atoms with Crippen LogP contribution in [-0.2, 0) is 0 Å². The van der Waals surface area contributed by atoms with Gasteiger partial charge >= 0.3 is 0 Å². The van der Waals surface area contributed by atoms with Gasteiger partial charge < -0.3 is 10.2 Å². The zero-order valence-corrected chi connectivity index (χ0v) is 8.00. The summed E-state index contributed by atoms with van der Waals surface area (Å²) in [6.07, 6.45) is 10.3. The largest absolute Gasteiger partial charge is 0.389 e. The molecule has 13 heavy (non-hydrogen) atoms. The van der Waals surface area contributed by atoms with Crippen molar-refractivity contribution < 1.29 is 10.2 Å². The smallest absolute Gasteiger partial charge is 0.0935 e. The highest BCUT2D eigenvalue weighted by molar-refractivity contribution is 4.96. The summed E-state index contributed by atoms with van der Waals surface area (Å²) in [4.78, 5) is 0. The van der Waals surface area contributed by atoms with E-state index in [-0.39, 0.29) is 6.42 Å². The van der Waals surface area contributed by atoms with Crippen molar-refractivity contribution in [2.75, 3.05) is 0 Å². The standard InChI is InChI=1S/C11H18O2/c1-2-7-10(12)11(13)8-5-3-4-6-9-11/h1,10,12-13H,3-9H2. The maximum Gasteiger partial charge on any atom is 0.0935 e. The van der Waals surface area contributed by atoms with Crippen molar-refractivity contribution in [3.8, 4) is 12.3 Å². The van der Waals surface area contributed by atoms with E-state index in [1.165, 1.54) is 0 Å². The molecule has 2 heteroatoms. The molecule has 0 radical (unpaired) electrons. The minimum absolute atomic E-state index is 0.260. The van der Waals surface area contributed by atoms with Crippen molar-refractivity contribution in [1.29, 1.82) is 0 Å². The fourth-order valence-corrected chi connectivity index (χ4v) is 1.98. The first-order valence-corrected chi connectivity index (χ1v) is 5.03. The molecule has 1 saturated carbocycles. The molecule has 1 fully saturated rings. The second-order valence-corrected chi connectivity index (χ2v) is 3.94. The molecule has 0 saturated heterocycles. The van der Waals surface area contributed by atoms with Crippen molar-refractivity contribution >= 4 is 0 Å². The third kappa shape index (κ3) is 2.72. The summed E-state index contributed by atoms with van der Waals surface area (Å²) in [5, 5.41) is 19.8. The minimum atomic E-state index is -0.914. The number of hydrogen-bond acceptors (Lipinski definition) is 2. The van der Waals surface area contributed by atoms with E-state index in [9.17, 15) is 10.2 Å². The summed E-state index contributed by atoms with van der Waals surface area (Å²) >= 11 is 0. The molecule has 1 unspecified atom stereocenters. The maximum atomic E-state index is 10.1. The van der Waals surface area contributed by atoms with Crippen LogP contribution >= 0.6 is 0 Å². The van der Waals surface area contributed by atoms with E-state index in [4.69, 9.17) is 6.42 Å². The average Bonchev–Trinajstić information content (AvgIpc) is 2.32. The third-order valence-corrected chi connectivity index (χ3v) is 2.90. The van der Waals surface area contributed by atoms with Crippen LogP contribution in [0, 0.1) is 12.3 Å². The Morgan fingerprint density at radius 3 is 2.23 bits per heavy atom. The molecule has 0 spiro atoms. The normalized spacial score (nSPS) is 24.4. The lowest BCUT2D eigenvalue weighted by molar-refractivity contribution is -0.0816. The summed E-state index contributed by atoms with van der Waals surface area (Å²) in [6, 6.07) is 0. The second kappa shape index (κ2) is 4.64. The van der Waals surface area contributed by atoms with Crippen LogP contribution in [0.2, 0.25) is 0 Å². The lowest BCUT2D eigenvalue weighted by Crippen LogP contribution is -2.41. The van der Waals surface area contributed by atoms with Crippen LogP contribution in [0.5, 0.6) is 0 Å². The molecule has 0 bridgehead atoms. The van der Waals surface area contributed by atoms with Gasteiger partial charge in [0.15, 0.2) is 0 Å². The van der Waals surface area contributed by atoms with Crippen molar-refractivity contribution in [1.82, 2.24) is 0 Å². The van der Waals surface area contributed by atoms with Gasteiger partial charge in [0.25, 0.3) is 0 Å². The molecule has 2 nitrogen and oxygen atoms in total. The zero-order valence-electron chi connectivity index (χ0n) is 8.00. The molecule has 2 N–H and O–H groups in total. The summed E-state index contributed by atoms with van der Waals surface area (Å²) in [7, 11) is 0. The summed E-state index contributed by atoms with van der Waals surface area (Å²) in [5.74, 6) is 2.40. The molecule has 0 aromatic carbocycles. The Kier molecular flexibility index (Phi) is 3.77. The van der Waals surface area contributed by atoms with Crippen molar-refractivity contribution in [3.05, 3.63) is 0 Å². The van der Waals surface area contributed by atoms with Gasteiger partial charge in [0.1, 0.15) is 0 Å². The van der Waals surface area contributed by atoms with Crippen molar-refractivity contribution in [2.45, 2.75) is 56.7 Å². The van der Waals surface area contributed by atoms with Gasteiger partial charge in [-0.3, -0.25) is 0 Å². The van der Waals surface area contributed by atoms with Gasteiger partial charge in [0, 0.05) is 6.42 Å². The Morgan fingerprint density at radius 2 is 1.77 bits per heavy atom. The van der Waals surface area contributed by atoms with Gasteiger partial charge in [-0.1, -0.05) is 25.7 Å². The van der Waals surface area contributed by atoms with Crippen LogP contribution in [-0.4, -0.2) is 21.9 Å². The Hall–Kier alpha value is -0.520. The molecule has 0 aliphatic heterocycles. The van der Waals surface area contributed by atoms with Gasteiger partial charge in [0.2, 0.25) is 0 Å². The second-order valence-electron chi connectivity index (χ2n) is 3.94. The molecular weight excluding hydrogens is 164 g/mol. The van der Waals surface area contributed by atoms with Crippen LogP contribution in [0.3, 0.4) is 0 Å². The summed E-state index contributed by atoms with van der Waals surface area (Å²) in [5.41, 5.74) is -0.914. The number of terminal acetylenes is 1. The van der Waals surface area contributed by atoms with Gasteiger partial charge in [-0.05, 0) is 12.8 Å². The van der Waals surface area contributed by atoms with E-state index in [0.29, 0.717) is 12.8 Å². The average molecular weight is 182 g/mol. The third-order valence-electron chi connectivity index (χ3n) is 2.90. The highest BCUT2D eigenvalue weighted by Crippen LogP contribution is 2.30. The summed E-state index contributed by atoms with van der Waals surface area (Å²) in [6.45, 7) is 0. The number of hydrogen-bond donors (Lipinski definition) is 2. The number of aliphatic hydroxyl groups is 2. The van der Waals surface area contributed by atoms with Crippen LogP contribution in [0.4, 0.5) is 0 Å². The molecule has 1 aliphatic carbocycles. The first kappa shape index (κ1) is 10.6. The highest BCUT2D eigenvalue weighted by Gasteiger charge is 2.34. The minimum Gasteiger partial charge on any atom is -0.389 e. The molecule has 0 aromatic heterocycles. The molecule has 1 rings (SSSR count). The van der Waals surface area contributed by atoms with Crippen molar-refractivity contribution in [3.63, 3.8) is 0 Å². The SMILES string of the molecule is C#CCC(O)C1(O)CCCCCC1. The first-order chi connectivity index (χ1) is 6.19. The van der Waals surface area contributed by atoms with Crippen LogP contribution < -0.4 is 0 Å². The Morgan fingerprint density at radius 1 is 1.23 bits per heavy atom. The van der Waals surface area contributed by atoms with E-state index in [2.05, 4.69) is 5.92 Å². The molecule has 74 valence electrons. The van der Waals surface area contributed by atoms with Gasteiger partial charge in [-0.2, -0.15) is 0 Å². The lowest BCUT2D eigenvalue weighted by Gasteiger charge is -2.30. The Balaban J connectivity index is 2.55. The lowest BCUT2D eigenvalue weighted by atomic mass is 9.87. The topological polar surface area (TPSA) is 40.5 Å². The number of rotatable bonds is 2. The van der Waals surface area contributed by atoms with Gasteiger partial charge in [-0.25, -0.2) is 0 Å². The molecule has 0 heterocycles. The van der Waals surface area contributed by atoms with E-state index in [0.717, 1.165) is 25.7 Å². The fraction of sp³-hybridized carbons (Fsp3) is 0.818. The molecule has 0 amide bonds. The Bertz CT molecular complexity index is 185. The van der Waals surface area contributed by atoms with Gasteiger partial charge in [-0.15, -0.1) is 12.3 Å². The van der Waals surface area contributed by atoms with Gasteiger partial charge in [0.05, 0.1) is 11.7 Å². The van der Waals surface area contributed by atoms with Crippen molar-refractivity contribution in [2.24, 2.45) is 0 Å². The predicted molar refractivity (Wildman–Crippen MR) is 52.1 cm³/mol. The quantitative estimate of drug-likeness (QED) is 0.501. The fourth-order valence-electron chi connectivity index (χ4n) is 1.98.